The molecule has 53 heavy (non-hydrogen) atoms. The summed E-state index contributed by atoms with van der Waals surface area (Å²) in [7, 11) is 0. The average molecular weight is 882 g/mol. The third-order valence-corrected chi connectivity index (χ3v) is 10.3. The van der Waals surface area contributed by atoms with Gasteiger partial charge in [-0.1, -0.05) is 116 Å². The van der Waals surface area contributed by atoms with Crippen LogP contribution < -0.4 is 4.74 Å². The van der Waals surface area contributed by atoms with Gasteiger partial charge in [-0.25, -0.2) is 4.98 Å². The average Bonchev–Trinajstić information content (AvgIpc) is 3.70. The van der Waals surface area contributed by atoms with Gasteiger partial charge in [0.05, 0.1) is 5.69 Å². The van der Waals surface area contributed by atoms with Gasteiger partial charge in [-0.3, -0.25) is 4.68 Å². The van der Waals surface area contributed by atoms with Crippen molar-refractivity contribution >= 4 is 21.8 Å². The standard InChI is InChI=1S/C47H50N4O.Pt/c1-8-11-13-17-32(4)34-22-25-43-40(28-34)39-24-23-38(31-44(39)50(43)45-29-35(26-27-48-45)47(5,6)7)52-37-21-16-20-36(30-37)51-42(10-3)46(41(9-2)49-51)33-18-14-12-15-19-33;/h12,14-16,18-29,32H,8-11,13,17H2,1-7H3;/q-2;+2. The summed E-state index contributed by atoms with van der Waals surface area (Å²) in [5.74, 6) is 2.61. The fraction of sp³-hybridized carbons (Fsp3) is 0.319. The number of aryl methyl sites for hydroxylation is 1. The molecule has 3 heterocycles. The summed E-state index contributed by atoms with van der Waals surface area (Å²) < 4.78 is 10.8. The molecular formula is C47H50N4OPt. The summed E-state index contributed by atoms with van der Waals surface area (Å²) in [6, 6.07) is 39.2. The van der Waals surface area contributed by atoms with Crippen molar-refractivity contribution < 1.29 is 25.8 Å². The zero-order valence-electron chi connectivity index (χ0n) is 32.1. The third kappa shape index (κ3) is 7.78. The first-order valence-electron chi connectivity index (χ1n) is 19.0. The second kappa shape index (κ2) is 16.3. The zero-order valence-corrected chi connectivity index (χ0v) is 34.3. The fourth-order valence-corrected chi connectivity index (χ4v) is 7.37. The molecule has 0 bridgehead atoms. The Balaban J connectivity index is 0.00000481. The number of hydrogen-bond acceptors (Lipinski definition) is 3. The molecule has 4 aromatic carbocycles. The van der Waals surface area contributed by atoms with Gasteiger partial charge in [0.2, 0.25) is 0 Å². The van der Waals surface area contributed by atoms with Crippen molar-refractivity contribution in [3.63, 3.8) is 0 Å². The predicted molar refractivity (Wildman–Crippen MR) is 215 cm³/mol. The van der Waals surface area contributed by atoms with Gasteiger partial charge in [-0.05, 0) is 76.6 Å². The van der Waals surface area contributed by atoms with Crippen LogP contribution in [0, 0.1) is 12.1 Å². The maximum Gasteiger partial charge on any atom is 2.00 e. The summed E-state index contributed by atoms with van der Waals surface area (Å²) in [4.78, 5) is 4.90. The van der Waals surface area contributed by atoms with E-state index >= 15 is 0 Å². The first-order chi connectivity index (χ1) is 25.2. The van der Waals surface area contributed by atoms with Gasteiger partial charge in [0.15, 0.2) is 0 Å². The summed E-state index contributed by atoms with van der Waals surface area (Å²) in [5.41, 5.74) is 10.2. The van der Waals surface area contributed by atoms with E-state index in [9.17, 15) is 0 Å². The van der Waals surface area contributed by atoms with Crippen molar-refractivity contribution in [2.75, 3.05) is 0 Å². The number of rotatable bonds is 12. The third-order valence-electron chi connectivity index (χ3n) is 10.3. The second-order valence-corrected chi connectivity index (χ2v) is 15.0. The Kier molecular flexibility index (Phi) is 11.7. The van der Waals surface area contributed by atoms with Gasteiger partial charge in [0, 0.05) is 34.5 Å². The maximum absolute atomic E-state index is 6.57. The summed E-state index contributed by atoms with van der Waals surface area (Å²) in [5, 5.41) is 7.42. The van der Waals surface area contributed by atoms with Crippen LogP contribution in [0.5, 0.6) is 11.5 Å². The molecule has 1 unspecified atom stereocenters. The van der Waals surface area contributed by atoms with Crippen LogP contribution in [-0.2, 0) is 39.3 Å². The van der Waals surface area contributed by atoms with Crippen LogP contribution in [0.1, 0.15) is 103 Å². The monoisotopic (exact) mass is 881 g/mol. The molecule has 0 radical (unpaired) electrons. The van der Waals surface area contributed by atoms with Gasteiger partial charge in [0.1, 0.15) is 5.82 Å². The Hall–Kier alpha value is -4.47. The fourth-order valence-electron chi connectivity index (χ4n) is 7.37. The normalized spacial score (nSPS) is 12.3. The largest absolute Gasteiger partial charge is 2.00 e. The van der Waals surface area contributed by atoms with Crippen LogP contribution >= 0.6 is 0 Å². The molecule has 0 N–H and O–H groups in total. The Labute approximate surface area is 329 Å². The molecule has 0 saturated heterocycles. The molecule has 0 spiro atoms. The molecule has 1 atom stereocenters. The van der Waals surface area contributed by atoms with E-state index < -0.39 is 0 Å². The van der Waals surface area contributed by atoms with Crippen molar-refractivity contribution in [3.8, 4) is 34.1 Å². The smallest absolute Gasteiger partial charge is 0.509 e. The van der Waals surface area contributed by atoms with Crippen LogP contribution in [0.25, 0.3) is 44.4 Å². The summed E-state index contributed by atoms with van der Waals surface area (Å²) in [6.07, 6.45) is 8.56. The second-order valence-electron chi connectivity index (χ2n) is 15.0. The van der Waals surface area contributed by atoms with Crippen molar-refractivity contribution in [2.45, 2.75) is 98.3 Å². The number of unbranched alkanes of at least 4 members (excludes halogenated alkanes) is 2. The molecular weight excluding hydrogens is 832 g/mol. The Bertz CT molecular complexity index is 2330. The zero-order chi connectivity index (χ0) is 36.4. The SMILES string of the molecule is CCCCCC(C)c1ccc2c(c1)c1ccc(Oc3[c-]c(-n4nc(CC)c(-c5ccccc5)c4CC)ccc3)[c-]c1n2-c1cc(C(C)(C)C)ccn1.[Pt+2]. The van der Waals surface area contributed by atoms with E-state index in [0.29, 0.717) is 17.4 Å². The van der Waals surface area contributed by atoms with Gasteiger partial charge < -0.3 is 9.30 Å². The first-order valence-corrected chi connectivity index (χ1v) is 19.0. The molecule has 274 valence electrons. The number of hydrogen-bond donors (Lipinski definition) is 0. The van der Waals surface area contributed by atoms with Crippen LogP contribution in [0.15, 0.2) is 97.2 Å². The summed E-state index contributed by atoms with van der Waals surface area (Å²) >= 11 is 0. The number of aromatic nitrogens is 4. The quantitative estimate of drug-likeness (QED) is 0.0907. The number of benzene rings is 4. The summed E-state index contributed by atoms with van der Waals surface area (Å²) in [6.45, 7) is 15.7. The van der Waals surface area contributed by atoms with Crippen LogP contribution in [0.4, 0.5) is 0 Å². The van der Waals surface area contributed by atoms with E-state index in [1.807, 2.05) is 35.1 Å². The number of ether oxygens (including phenoxy) is 1. The van der Waals surface area contributed by atoms with Crippen molar-refractivity contribution in [1.29, 1.82) is 0 Å². The predicted octanol–water partition coefficient (Wildman–Crippen LogP) is 12.5. The minimum absolute atomic E-state index is 0. The molecule has 0 aliphatic carbocycles. The number of nitrogens with zero attached hydrogens (tertiary/aromatic N) is 4. The molecule has 0 saturated carbocycles. The molecule has 0 aliphatic rings. The van der Waals surface area contributed by atoms with E-state index in [4.69, 9.17) is 14.8 Å². The topological polar surface area (TPSA) is 44.9 Å². The minimum Gasteiger partial charge on any atom is -0.509 e. The van der Waals surface area contributed by atoms with Gasteiger partial charge in [-0.15, -0.1) is 35.7 Å². The van der Waals surface area contributed by atoms with E-state index in [1.54, 1.807) is 0 Å². The number of pyridine rings is 1. The maximum atomic E-state index is 6.57. The van der Waals surface area contributed by atoms with E-state index in [2.05, 4.69) is 132 Å². The van der Waals surface area contributed by atoms with Crippen molar-refractivity contribution in [2.24, 2.45) is 0 Å². The molecule has 7 aromatic rings. The van der Waals surface area contributed by atoms with Crippen LogP contribution in [0.2, 0.25) is 0 Å². The minimum atomic E-state index is -0.0116. The first kappa shape index (κ1) is 38.3. The van der Waals surface area contributed by atoms with Gasteiger partial charge in [-0.2, -0.15) is 17.2 Å². The molecule has 0 aliphatic heterocycles. The molecule has 0 amide bonds. The van der Waals surface area contributed by atoms with E-state index in [1.165, 1.54) is 53.3 Å². The van der Waals surface area contributed by atoms with Crippen LogP contribution in [-0.4, -0.2) is 19.3 Å². The molecule has 7 rings (SSSR count). The Morgan fingerprint density at radius 2 is 1.58 bits per heavy atom. The van der Waals surface area contributed by atoms with Crippen molar-refractivity contribution in [1.82, 2.24) is 19.3 Å². The Morgan fingerprint density at radius 1 is 0.792 bits per heavy atom. The van der Waals surface area contributed by atoms with Crippen molar-refractivity contribution in [3.05, 3.63) is 132 Å². The molecule has 6 heteroatoms. The molecule has 3 aromatic heterocycles. The Morgan fingerprint density at radius 3 is 2.32 bits per heavy atom. The van der Waals surface area contributed by atoms with Gasteiger partial charge >= 0.3 is 21.1 Å². The molecule has 0 fully saturated rings. The molecule has 5 nitrogen and oxygen atoms in total. The van der Waals surface area contributed by atoms with Gasteiger partial charge in [0.25, 0.3) is 0 Å². The van der Waals surface area contributed by atoms with E-state index in [-0.39, 0.29) is 26.5 Å². The van der Waals surface area contributed by atoms with E-state index in [0.717, 1.165) is 52.2 Å². The number of fused-ring (bicyclic) bond motifs is 3. The van der Waals surface area contributed by atoms with Crippen LogP contribution in [0.3, 0.4) is 0 Å².